The monoisotopic (exact) mass is 316 g/mol. The van der Waals surface area contributed by atoms with Crippen LogP contribution >= 0.6 is 11.8 Å². The molecule has 0 unspecified atom stereocenters. The van der Waals surface area contributed by atoms with Gasteiger partial charge in [-0.15, -0.1) is 11.8 Å². The van der Waals surface area contributed by atoms with E-state index in [1.807, 2.05) is 0 Å². The number of thioether (sulfide) groups is 1. The maximum Gasteiger partial charge on any atom is 0.242 e. The number of benzene rings is 1. The number of rotatable bonds is 7. The molecule has 0 heterocycles. The quantitative estimate of drug-likeness (QED) is 0.757. The van der Waals surface area contributed by atoms with E-state index in [1.165, 1.54) is 17.8 Å². The Morgan fingerprint density at radius 2 is 2.00 bits per heavy atom. The van der Waals surface area contributed by atoms with Crippen molar-refractivity contribution in [3.8, 4) is 0 Å². The van der Waals surface area contributed by atoms with Gasteiger partial charge in [-0.2, -0.15) is 0 Å². The van der Waals surface area contributed by atoms with Gasteiger partial charge in [0.05, 0.1) is 0 Å². The van der Waals surface area contributed by atoms with Crippen molar-refractivity contribution in [2.75, 3.05) is 12.3 Å². The van der Waals surface area contributed by atoms with Crippen LogP contribution in [0.3, 0.4) is 0 Å². The smallest absolute Gasteiger partial charge is 0.242 e. The third kappa shape index (κ3) is 6.12. The van der Waals surface area contributed by atoms with Crippen molar-refractivity contribution in [1.82, 2.24) is 10.6 Å². The van der Waals surface area contributed by atoms with E-state index in [2.05, 4.69) is 10.6 Å². The molecule has 0 bridgehead atoms. The molecule has 1 atom stereocenters. The van der Waals surface area contributed by atoms with E-state index in [4.69, 9.17) is 0 Å². The highest BCUT2D eigenvalue weighted by Gasteiger charge is 2.14. The number of carbonyl (C=O) groups excluding carboxylic acids is 2. The summed E-state index contributed by atoms with van der Waals surface area (Å²) in [6.45, 7) is 3.90. The van der Waals surface area contributed by atoms with Crippen LogP contribution in [-0.4, -0.2) is 30.2 Å². The number of carbonyl (C=O) groups is 2. The van der Waals surface area contributed by atoms with Crippen LogP contribution in [0.15, 0.2) is 23.1 Å². The SMILES string of the molecule is CCNC(=O)[C@H](C)NC(=O)CCSc1ccc(F)c(F)c1. The summed E-state index contributed by atoms with van der Waals surface area (Å²) in [5, 5.41) is 5.18. The van der Waals surface area contributed by atoms with E-state index in [0.29, 0.717) is 17.2 Å². The first-order valence-corrected chi connectivity index (χ1v) is 7.57. The maximum absolute atomic E-state index is 13.0. The van der Waals surface area contributed by atoms with Crippen molar-refractivity contribution in [3.63, 3.8) is 0 Å². The largest absolute Gasteiger partial charge is 0.355 e. The first kappa shape index (κ1) is 17.4. The van der Waals surface area contributed by atoms with Crippen LogP contribution in [0.5, 0.6) is 0 Å². The standard InChI is InChI=1S/C14H18F2N2O2S/c1-3-17-14(20)9(2)18-13(19)6-7-21-10-4-5-11(15)12(16)8-10/h4-5,8-9H,3,6-7H2,1-2H3,(H,17,20)(H,18,19)/t9-/m0/s1. The van der Waals surface area contributed by atoms with E-state index < -0.39 is 17.7 Å². The number of likely N-dealkylation sites (N-methyl/N-ethyl adjacent to an activating group) is 1. The lowest BCUT2D eigenvalue weighted by atomic mass is 10.3. The van der Waals surface area contributed by atoms with Crippen molar-refractivity contribution in [3.05, 3.63) is 29.8 Å². The van der Waals surface area contributed by atoms with Gasteiger partial charge in [0.25, 0.3) is 0 Å². The van der Waals surface area contributed by atoms with Crippen LogP contribution < -0.4 is 10.6 Å². The lowest BCUT2D eigenvalue weighted by Gasteiger charge is -2.13. The number of hydrogen-bond acceptors (Lipinski definition) is 3. The molecule has 0 radical (unpaired) electrons. The van der Waals surface area contributed by atoms with Crippen LogP contribution in [0.2, 0.25) is 0 Å². The first-order valence-electron chi connectivity index (χ1n) is 6.59. The molecular formula is C14H18F2N2O2S. The van der Waals surface area contributed by atoms with Crippen molar-refractivity contribution in [2.24, 2.45) is 0 Å². The predicted octanol–water partition coefficient (Wildman–Crippen LogP) is 2.09. The van der Waals surface area contributed by atoms with E-state index in [0.717, 1.165) is 12.1 Å². The van der Waals surface area contributed by atoms with Gasteiger partial charge in [0, 0.05) is 23.6 Å². The van der Waals surface area contributed by atoms with E-state index >= 15 is 0 Å². The second-order valence-corrected chi connectivity index (χ2v) is 5.53. The Hall–Kier alpha value is -1.63. The van der Waals surface area contributed by atoms with Gasteiger partial charge < -0.3 is 10.6 Å². The van der Waals surface area contributed by atoms with E-state index in [1.54, 1.807) is 13.8 Å². The van der Waals surface area contributed by atoms with Crippen LogP contribution in [-0.2, 0) is 9.59 Å². The summed E-state index contributed by atoms with van der Waals surface area (Å²) >= 11 is 1.25. The van der Waals surface area contributed by atoms with Gasteiger partial charge in [-0.1, -0.05) is 0 Å². The van der Waals surface area contributed by atoms with Gasteiger partial charge in [0.1, 0.15) is 6.04 Å². The fraction of sp³-hybridized carbons (Fsp3) is 0.429. The van der Waals surface area contributed by atoms with Gasteiger partial charge in [0.15, 0.2) is 11.6 Å². The Morgan fingerprint density at radius 3 is 2.62 bits per heavy atom. The molecule has 4 nitrogen and oxygen atoms in total. The minimum absolute atomic E-state index is 0.188. The molecule has 0 saturated carbocycles. The Bertz CT molecular complexity index is 512. The Labute approximate surface area is 126 Å². The fourth-order valence-electron chi connectivity index (χ4n) is 1.53. The van der Waals surface area contributed by atoms with E-state index in [-0.39, 0.29) is 18.2 Å². The number of halogens is 2. The molecule has 0 saturated heterocycles. The summed E-state index contributed by atoms with van der Waals surface area (Å²) in [6.07, 6.45) is 0.188. The summed E-state index contributed by atoms with van der Waals surface area (Å²) in [5.74, 6) is -1.89. The van der Waals surface area contributed by atoms with Crippen LogP contribution in [0, 0.1) is 11.6 Å². The zero-order valence-corrected chi connectivity index (χ0v) is 12.7. The lowest BCUT2D eigenvalue weighted by molar-refractivity contribution is -0.128. The molecule has 0 aliphatic rings. The van der Waals surface area contributed by atoms with Crippen LogP contribution in [0.25, 0.3) is 0 Å². The summed E-state index contributed by atoms with van der Waals surface area (Å²) in [5.41, 5.74) is 0. The Balaban J connectivity index is 2.33. The summed E-state index contributed by atoms with van der Waals surface area (Å²) in [7, 11) is 0. The summed E-state index contributed by atoms with van der Waals surface area (Å²) in [6, 6.07) is 3.01. The Morgan fingerprint density at radius 1 is 1.29 bits per heavy atom. The molecule has 1 aromatic carbocycles. The maximum atomic E-state index is 13.0. The molecule has 21 heavy (non-hydrogen) atoms. The highest BCUT2D eigenvalue weighted by Crippen LogP contribution is 2.20. The predicted molar refractivity (Wildman–Crippen MR) is 78.0 cm³/mol. The van der Waals surface area contributed by atoms with Gasteiger partial charge in [-0.25, -0.2) is 8.78 Å². The molecule has 1 aromatic rings. The minimum atomic E-state index is -0.908. The van der Waals surface area contributed by atoms with Crippen molar-refractivity contribution in [1.29, 1.82) is 0 Å². The molecular weight excluding hydrogens is 298 g/mol. The normalized spacial score (nSPS) is 11.8. The van der Waals surface area contributed by atoms with Crippen molar-refractivity contribution < 1.29 is 18.4 Å². The molecule has 116 valence electrons. The second-order valence-electron chi connectivity index (χ2n) is 4.36. The van der Waals surface area contributed by atoms with Gasteiger partial charge in [-0.3, -0.25) is 9.59 Å². The second kappa shape index (κ2) is 8.61. The molecule has 2 N–H and O–H groups in total. The van der Waals surface area contributed by atoms with Crippen LogP contribution in [0.4, 0.5) is 8.78 Å². The van der Waals surface area contributed by atoms with Crippen molar-refractivity contribution in [2.45, 2.75) is 31.2 Å². The third-order valence-corrected chi connectivity index (χ3v) is 3.61. The molecule has 0 aromatic heterocycles. The molecule has 0 fully saturated rings. The minimum Gasteiger partial charge on any atom is -0.355 e. The molecule has 2 amide bonds. The van der Waals surface area contributed by atoms with Crippen molar-refractivity contribution >= 4 is 23.6 Å². The lowest BCUT2D eigenvalue weighted by Crippen LogP contribution is -2.44. The zero-order valence-electron chi connectivity index (χ0n) is 11.9. The summed E-state index contributed by atoms with van der Waals surface area (Å²) in [4.78, 5) is 23.6. The Kier molecular flexibility index (Phi) is 7.14. The highest BCUT2D eigenvalue weighted by atomic mass is 32.2. The average molecular weight is 316 g/mol. The number of amides is 2. The zero-order chi connectivity index (χ0) is 15.8. The van der Waals surface area contributed by atoms with E-state index in [9.17, 15) is 18.4 Å². The number of nitrogens with one attached hydrogen (secondary N) is 2. The average Bonchev–Trinajstić information content (AvgIpc) is 2.43. The number of hydrogen-bond donors (Lipinski definition) is 2. The molecule has 0 spiro atoms. The fourth-order valence-corrected chi connectivity index (χ4v) is 2.41. The highest BCUT2D eigenvalue weighted by molar-refractivity contribution is 7.99. The molecule has 0 aliphatic carbocycles. The first-order chi connectivity index (χ1) is 9.93. The molecule has 0 aliphatic heterocycles. The molecule has 7 heteroatoms. The van der Waals surface area contributed by atoms with Gasteiger partial charge >= 0.3 is 0 Å². The van der Waals surface area contributed by atoms with Gasteiger partial charge in [-0.05, 0) is 32.0 Å². The third-order valence-electron chi connectivity index (χ3n) is 2.61. The topological polar surface area (TPSA) is 58.2 Å². The van der Waals surface area contributed by atoms with Crippen LogP contribution in [0.1, 0.15) is 20.3 Å². The van der Waals surface area contributed by atoms with Gasteiger partial charge in [0.2, 0.25) is 11.8 Å². The summed E-state index contributed by atoms with van der Waals surface area (Å²) < 4.78 is 25.7. The molecule has 1 rings (SSSR count).